The zero-order chi connectivity index (χ0) is 13.2. The molecule has 2 aromatic rings. The Kier molecular flexibility index (Phi) is 3.19. The molecule has 0 aliphatic carbocycles. The molecule has 0 bridgehead atoms. The van der Waals surface area contributed by atoms with E-state index < -0.39 is 0 Å². The molecule has 0 unspecified atom stereocenters. The monoisotopic (exact) mass is 260 g/mol. The van der Waals surface area contributed by atoms with Crippen molar-refractivity contribution in [2.45, 2.75) is 26.2 Å². The van der Waals surface area contributed by atoms with Gasteiger partial charge in [0.25, 0.3) is 0 Å². The second kappa shape index (κ2) is 4.99. The second-order valence-electron chi connectivity index (χ2n) is 4.93. The molecule has 3 rings (SSSR count). The number of hydrogen-bond acceptors (Lipinski definition) is 3. The minimum absolute atomic E-state index is 0.236. The van der Waals surface area contributed by atoms with Gasteiger partial charge in [0.2, 0.25) is 0 Å². The molecular formula is C14H17FN4. The molecule has 0 saturated carbocycles. The first-order chi connectivity index (χ1) is 9.25. The fourth-order valence-electron chi connectivity index (χ4n) is 2.58. The topological polar surface area (TPSA) is 34.0 Å². The lowest BCUT2D eigenvalue weighted by molar-refractivity contribution is 0.566. The normalized spacial score (nSPS) is 15.8. The SMILES string of the molecule is Cc1nnn(-c2ccc(F)cc2)c1N1CCCCC1. The first kappa shape index (κ1) is 12.1. The third-order valence-corrected chi connectivity index (χ3v) is 3.54. The summed E-state index contributed by atoms with van der Waals surface area (Å²) in [6.45, 7) is 4.04. The van der Waals surface area contributed by atoms with Gasteiger partial charge in [-0.1, -0.05) is 5.21 Å². The predicted molar refractivity (Wildman–Crippen MR) is 72.1 cm³/mol. The van der Waals surface area contributed by atoms with Crippen LogP contribution in [0.5, 0.6) is 0 Å². The van der Waals surface area contributed by atoms with Crippen molar-refractivity contribution in [2.75, 3.05) is 18.0 Å². The zero-order valence-corrected chi connectivity index (χ0v) is 11.0. The first-order valence-corrected chi connectivity index (χ1v) is 6.69. The van der Waals surface area contributed by atoms with E-state index in [1.54, 1.807) is 16.8 Å². The Bertz CT molecular complexity index is 555. The summed E-state index contributed by atoms with van der Waals surface area (Å²) >= 11 is 0. The largest absolute Gasteiger partial charge is 0.355 e. The van der Waals surface area contributed by atoms with Crippen LogP contribution in [0.2, 0.25) is 0 Å². The van der Waals surface area contributed by atoms with E-state index in [0.717, 1.165) is 30.3 Å². The van der Waals surface area contributed by atoms with Crippen molar-refractivity contribution in [1.29, 1.82) is 0 Å². The van der Waals surface area contributed by atoms with E-state index in [4.69, 9.17) is 0 Å². The van der Waals surface area contributed by atoms with E-state index in [1.807, 2.05) is 6.92 Å². The van der Waals surface area contributed by atoms with Gasteiger partial charge in [0, 0.05) is 13.1 Å². The molecule has 1 aromatic carbocycles. The van der Waals surface area contributed by atoms with E-state index in [9.17, 15) is 4.39 Å². The van der Waals surface area contributed by atoms with Gasteiger partial charge in [-0.2, -0.15) is 4.68 Å². The van der Waals surface area contributed by atoms with Gasteiger partial charge < -0.3 is 4.90 Å². The highest BCUT2D eigenvalue weighted by atomic mass is 19.1. The summed E-state index contributed by atoms with van der Waals surface area (Å²) < 4.78 is 14.8. The van der Waals surface area contributed by atoms with E-state index in [0.29, 0.717) is 0 Å². The summed E-state index contributed by atoms with van der Waals surface area (Å²) in [5.74, 6) is 0.798. The van der Waals surface area contributed by atoms with E-state index in [1.165, 1.54) is 31.4 Å². The van der Waals surface area contributed by atoms with Crippen LogP contribution in [-0.2, 0) is 0 Å². The molecule has 0 atom stereocenters. The standard InChI is InChI=1S/C14H17FN4/c1-11-14(18-9-3-2-4-10-18)19(17-16-11)13-7-5-12(15)6-8-13/h5-8H,2-4,9-10H2,1H3. The Labute approximate surface area is 111 Å². The van der Waals surface area contributed by atoms with Crippen LogP contribution in [0, 0.1) is 12.7 Å². The molecule has 1 aliphatic heterocycles. The smallest absolute Gasteiger partial charge is 0.155 e. The lowest BCUT2D eigenvalue weighted by Gasteiger charge is -2.29. The highest BCUT2D eigenvalue weighted by Crippen LogP contribution is 2.25. The van der Waals surface area contributed by atoms with Crippen LogP contribution in [0.4, 0.5) is 10.2 Å². The Hall–Kier alpha value is -1.91. The molecule has 4 nitrogen and oxygen atoms in total. The molecule has 1 saturated heterocycles. The number of halogens is 1. The molecule has 1 aliphatic rings. The number of hydrogen-bond donors (Lipinski definition) is 0. The van der Waals surface area contributed by atoms with Crippen molar-refractivity contribution in [3.05, 3.63) is 35.8 Å². The van der Waals surface area contributed by atoms with Crippen LogP contribution in [0.1, 0.15) is 25.0 Å². The highest BCUT2D eigenvalue weighted by molar-refractivity contribution is 5.50. The van der Waals surface area contributed by atoms with Gasteiger partial charge >= 0.3 is 0 Å². The van der Waals surface area contributed by atoms with Gasteiger partial charge in [-0.3, -0.25) is 0 Å². The molecule has 5 heteroatoms. The maximum absolute atomic E-state index is 13.0. The van der Waals surface area contributed by atoms with E-state index >= 15 is 0 Å². The predicted octanol–water partition coefficient (Wildman–Crippen LogP) is 2.71. The average molecular weight is 260 g/mol. The maximum atomic E-state index is 13.0. The molecule has 0 radical (unpaired) electrons. The average Bonchev–Trinajstić information content (AvgIpc) is 2.82. The van der Waals surface area contributed by atoms with Crippen molar-refractivity contribution in [3.8, 4) is 5.69 Å². The van der Waals surface area contributed by atoms with Gasteiger partial charge in [-0.15, -0.1) is 5.10 Å². The summed E-state index contributed by atoms with van der Waals surface area (Å²) in [5.41, 5.74) is 1.77. The summed E-state index contributed by atoms with van der Waals surface area (Å²) in [6, 6.07) is 6.37. The van der Waals surface area contributed by atoms with Gasteiger partial charge in [-0.25, -0.2) is 4.39 Å². The molecule has 0 N–H and O–H groups in total. The molecule has 19 heavy (non-hydrogen) atoms. The Balaban J connectivity index is 1.99. The van der Waals surface area contributed by atoms with Crippen LogP contribution in [0.25, 0.3) is 5.69 Å². The van der Waals surface area contributed by atoms with Crippen LogP contribution >= 0.6 is 0 Å². The van der Waals surface area contributed by atoms with Crippen molar-refractivity contribution >= 4 is 5.82 Å². The van der Waals surface area contributed by atoms with Gasteiger partial charge in [-0.05, 0) is 50.5 Å². The lowest BCUT2D eigenvalue weighted by Crippen LogP contribution is -2.31. The first-order valence-electron chi connectivity index (χ1n) is 6.69. The summed E-state index contributed by atoms with van der Waals surface area (Å²) in [5, 5.41) is 8.36. The Morgan fingerprint density at radius 2 is 1.74 bits per heavy atom. The molecule has 0 amide bonds. The van der Waals surface area contributed by atoms with Crippen LogP contribution in [0.3, 0.4) is 0 Å². The number of aryl methyl sites for hydroxylation is 1. The number of rotatable bonds is 2. The number of anilines is 1. The Morgan fingerprint density at radius 3 is 2.42 bits per heavy atom. The second-order valence-corrected chi connectivity index (χ2v) is 4.93. The Morgan fingerprint density at radius 1 is 1.05 bits per heavy atom. The fourth-order valence-corrected chi connectivity index (χ4v) is 2.58. The summed E-state index contributed by atoms with van der Waals surface area (Å²) in [4.78, 5) is 2.32. The fraction of sp³-hybridized carbons (Fsp3) is 0.429. The van der Waals surface area contributed by atoms with Crippen molar-refractivity contribution < 1.29 is 4.39 Å². The zero-order valence-electron chi connectivity index (χ0n) is 11.0. The van der Waals surface area contributed by atoms with Gasteiger partial charge in [0.1, 0.15) is 11.5 Å². The minimum atomic E-state index is -0.236. The van der Waals surface area contributed by atoms with Crippen LogP contribution in [-0.4, -0.2) is 28.1 Å². The number of nitrogens with zero attached hydrogens (tertiary/aromatic N) is 4. The number of aromatic nitrogens is 3. The molecule has 100 valence electrons. The van der Waals surface area contributed by atoms with E-state index in [2.05, 4.69) is 15.2 Å². The molecule has 1 aromatic heterocycles. The van der Waals surface area contributed by atoms with Gasteiger partial charge in [0.05, 0.1) is 5.69 Å². The lowest BCUT2D eigenvalue weighted by atomic mass is 10.1. The molecular weight excluding hydrogens is 243 g/mol. The highest BCUT2D eigenvalue weighted by Gasteiger charge is 2.19. The third kappa shape index (κ3) is 2.32. The summed E-state index contributed by atoms with van der Waals surface area (Å²) in [6.07, 6.45) is 3.69. The quantitative estimate of drug-likeness (QED) is 0.832. The maximum Gasteiger partial charge on any atom is 0.155 e. The minimum Gasteiger partial charge on any atom is -0.355 e. The van der Waals surface area contributed by atoms with E-state index in [-0.39, 0.29) is 5.82 Å². The molecule has 0 spiro atoms. The number of benzene rings is 1. The van der Waals surface area contributed by atoms with Crippen LogP contribution < -0.4 is 4.90 Å². The third-order valence-electron chi connectivity index (χ3n) is 3.54. The van der Waals surface area contributed by atoms with Crippen LogP contribution in [0.15, 0.2) is 24.3 Å². The van der Waals surface area contributed by atoms with Crippen molar-refractivity contribution in [2.24, 2.45) is 0 Å². The van der Waals surface area contributed by atoms with Crippen molar-refractivity contribution in [3.63, 3.8) is 0 Å². The molecule has 1 fully saturated rings. The number of piperidine rings is 1. The van der Waals surface area contributed by atoms with Gasteiger partial charge in [0.15, 0.2) is 5.82 Å². The van der Waals surface area contributed by atoms with Crippen molar-refractivity contribution in [1.82, 2.24) is 15.0 Å². The molecule has 2 heterocycles. The summed E-state index contributed by atoms with van der Waals surface area (Å²) in [7, 11) is 0.